The van der Waals surface area contributed by atoms with Crippen LogP contribution in [0.4, 0.5) is 0 Å². The lowest BCUT2D eigenvalue weighted by atomic mass is 10.2. The molecule has 14 heavy (non-hydrogen) atoms. The average molecular weight is 250 g/mol. The molecular formula is C12H12BrN. The molecule has 72 valence electrons. The summed E-state index contributed by atoms with van der Waals surface area (Å²) in [5.74, 6) is 0. The van der Waals surface area contributed by atoms with E-state index in [1.54, 1.807) is 0 Å². The van der Waals surface area contributed by atoms with E-state index in [-0.39, 0.29) is 0 Å². The summed E-state index contributed by atoms with van der Waals surface area (Å²) >= 11 is 3.45. The highest BCUT2D eigenvalue weighted by molar-refractivity contribution is 9.11. The Kier molecular flexibility index (Phi) is 3.04. The molecule has 0 amide bonds. The smallest absolute Gasteiger partial charge is 0.0427 e. The monoisotopic (exact) mass is 249 g/mol. The van der Waals surface area contributed by atoms with Gasteiger partial charge in [-0.1, -0.05) is 52.3 Å². The van der Waals surface area contributed by atoms with Gasteiger partial charge in [-0.3, -0.25) is 0 Å². The van der Waals surface area contributed by atoms with Crippen LogP contribution < -0.4 is 0 Å². The van der Waals surface area contributed by atoms with Gasteiger partial charge in [0.1, 0.15) is 0 Å². The second-order valence-corrected chi connectivity index (χ2v) is 4.24. The van der Waals surface area contributed by atoms with Crippen molar-refractivity contribution in [1.82, 2.24) is 4.90 Å². The van der Waals surface area contributed by atoms with Gasteiger partial charge in [-0.15, -0.1) is 0 Å². The highest BCUT2D eigenvalue weighted by atomic mass is 79.9. The van der Waals surface area contributed by atoms with Crippen molar-refractivity contribution in [3.63, 3.8) is 0 Å². The molecule has 0 aliphatic carbocycles. The Bertz CT molecular complexity index is 354. The van der Waals surface area contributed by atoms with Gasteiger partial charge < -0.3 is 4.90 Å². The summed E-state index contributed by atoms with van der Waals surface area (Å²) < 4.78 is 1.17. The molecule has 0 fully saturated rings. The molecule has 0 bridgehead atoms. The predicted octanol–water partition coefficient (Wildman–Crippen LogP) is 3.29. The maximum Gasteiger partial charge on any atom is 0.0427 e. The Morgan fingerprint density at radius 3 is 2.64 bits per heavy atom. The first kappa shape index (κ1) is 9.53. The molecule has 2 rings (SSSR count). The lowest BCUT2D eigenvalue weighted by Crippen LogP contribution is -2.18. The van der Waals surface area contributed by atoms with Crippen LogP contribution in [-0.4, -0.2) is 11.4 Å². The van der Waals surface area contributed by atoms with Crippen LogP contribution in [0.3, 0.4) is 0 Å². The Morgan fingerprint density at radius 2 is 2.00 bits per heavy atom. The number of hydrogen-bond acceptors (Lipinski definition) is 1. The van der Waals surface area contributed by atoms with Crippen molar-refractivity contribution >= 4 is 15.9 Å². The van der Waals surface area contributed by atoms with E-state index in [1.807, 2.05) is 6.07 Å². The predicted molar refractivity (Wildman–Crippen MR) is 63.0 cm³/mol. The van der Waals surface area contributed by atoms with Crippen molar-refractivity contribution < 1.29 is 0 Å². The zero-order valence-electron chi connectivity index (χ0n) is 7.86. The summed E-state index contributed by atoms with van der Waals surface area (Å²) in [6.07, 6.45) is 6.37. The molecule has 1 heterocycles. The standard InChI is InChI=1S/C12H12BrN/c13-12-6-8-14(9-7-12)10-11-4-2-1-3-5-11/h1-8H,9-10H2. The first-order chi connectivity index (χ1) is 6.84. The van der Waals surface area contributed by atoms with Gasteiger partial charge in [0.15, 0.2) is 0 Å². The minimum atomic E-state index is 0.978. The molecular weight excluding hydrogens is 238 g/mol. The minimum Gasteiger partial charge on any atom is -0.369 e. The first-order valence-electron chi connectivity index (χ1n) is 4.66. The molecule has 0 saturated heterocycles. The van der Waals surface area contributed by atoms with Gasteiger partial charge >= 0.3 is 0 Å². The number of benzene rings is 1. The van der Waals surface area contributed by atoms with Crippen molar-refractivity contribution in [2.24, 2.45) is 0 Å². The minimum absolute atomic E-state index is 0.978. The molecule has 0 spiro atoms. The number of nitrogens with zero attached hydrogens (tertiary/aromatic N) is 1. The lowest BCUT2D eigenvalue weighted by Gasteiger charge is -2.21. The van der Waals surface area contributed by atoms with Gasteiger partial charge in [-0.05, 0) is 11.6 Å². The highest BCUT2D eigenvalue weighted by Crippen LogP contribution is 2.14. The maximum atomic E-state index is 3.45. The van der Waals surface area contributed by atoms with Crippen LogP contribution in [0.25, 0.3) is 0 Å². The van der Waals surface area contributed by atoms with Crippen molar-refractivity contribution in [3.05, 3.63) is 58.7 Å². The zero-order valence-corrected chi connectivity index (χ0v) is 9.44. The largest absolute Gasteiger partial charge is 0.369 e. The summed E-state index contributed by atoms with van der Waals surface area (Å²) in [5.41, 5.74) is 1.35. The summed E-state index contributed by atoms with van der Waals surface area (Å²) in [7, 11) is 0. The van der Waals surface area contributed by atoms with E-state index in [1.165, 1.54) is 10.0 Å². The van der Waals surface area contributed by atoms with E-state index in [0.29, 0.717) is 0 Å². The van der Waals surface area contributed by atoms with E-state index < -0.39 is 0 Å². The molecule has 0 N–H and O–H groups in total. The van der Waals surface area contributed by atoms with E-state index in [2.05, 4.69) is 63.4 Å². The van der Waals surface area contributed by atoms with Crippen LogP contribution in [0.1, 0.15) is 5.56 Å². The van der Waals surface area contributed by atoms with Gasteiger partial charge in [0.2, 0.25) is 0 Å². The van der Waals surface area contributed by atoms with E-state index in [9.17, 15) is 0 Å². The van der Waals surface area contributed by atoms with Crippen LogP contribution in [-0.2, 0) is 6.54 Å². The third kappa shape index (κ3) is 2.48. The third-order valence-corrected chi connectivity index (χ3v) is 2.78. The Morgan fingerprint density at radius 1 is 1.21 bits per heavy atom. The van der Waals surface area contributed by atoms with E-state index in [0.717, 1.165) is 13.1 Å². The molecule has 1 nitrogen and oxygen atoms in total. The normalized spacial score (nSPS) is 15.5. The number of hydrogen-bond donors (Lipinski definition) is 0. The van der Waals surface area contributed by atoms with Crippen LogP contribution in [0.5, 0.6) is 0 Å². The molecule has 1 aliphatic rings. The summed E-state index contributed by atoms with van der Waals surface area (Å²) in [6, 6.07) is 10.5. The fourth-order valence-electron chi connectivity index (χ4n) is 1.45. The number of allylic oxidation sites excluding steroid dienone is 2. The Hall–Kier alpha value is -1.02. The van der Waals surface area contributed by atoms with Gasteiger partial charge in [0.25, 0.3) is 0 Å². The average Bonchev–Trinajstić information content (AvgIpc) is 2.23. The van der Waals surface area contributed by atoms with Crippen LogP contribution in [0, 0.1) is 0 Å². The van der Waals surface area contributed by atoms with Gasteiger partial charge in [0.05, 0.1) is 0 Å². The van der Waals surface area contributed by atoms with Crippen molar-refractivity contribution in [2.75, 3.05) is 6.54 Å². The Labute approximate surface area is 92.9 Å². The fourth-order valence-corrected chi connectivity index (χ4v) is 1.71. The second-order valence-electron chi connectivity index (χ2n) is 3.32. The molecule has 0 unspecified atom stereocenters. The molecule has 0 radical (unpaired) electrons. The third-order valence-electron chi connectivity index (χ3n) is 2.19. The van der Waals surface area contributed by atoms with Crippen molar-refractivity contribution in [3.8, 4) is 0 Å². The summed E-state index contributed by atoms with van der Waals surface area (Å²) in [5, 5.41) is 0. The molecule has 1 aromatic carbocycles. The first-order valence-corrected chi connectivity index (χ1v) is 5.46. The summed E-state index contributed by atoms with van der Waals surface area (Å²) in [6.45, 7) is 1.96. The molecule has 0 saturated carbocycles. The molecule has 0 aromatic heterocycles. The van der Waals surface area contributed by atoms with Gasteiger partial charge in [-0.2, -0.15) is 0 Å². The van der Waals surface area contributed by atoms with E-state index >= 15 is 0 Å². The van der Waals surface area contributed by atoms with Gasteiger partial charge in [-0.25, -0.2) is 0 Å². The van der Waals surface area contributed by atoms with Crippen molar-refractivity contribution in [1.29, 1.82) is 0 Å². The van der Waals surface area contributed by atoms with Crippen LogP contribution >= 0.6 is 15.9 Å². The molecule has 1 aromatic rings. The number of halogens is 1. The zero-order chi connectivity index (χ0) is 9.80. The number of rotatable bonds is 2. The van der Waals surface area contributed by atoms with Crippen LogP contribution in [0.2, 0.25) is 0 Å². The lowest BCUT2D eigenvalue weighted by molar-refractivity contribution is 0.405. The topological polar surface area (TPSA) is 3.24 Å². The maximum absolute atomic E-state index is 3.45. The van der Waals surface area contributed by atoms with Crippen LogP contribution in [0.15, 0.2) is 53.2 Å². The molecule has 0 atom stereocenters. The Balaban J connectivity index is 1.98. The van der Waals surface area contributed by atoms with Gasteiger partial charge in [0, 0.05) is 23.8 Å². The SMILES string of the molecule is BrC1=CCN(Cc2ccccc2)C=C1. The fraction of sp³-hybridized carbons (Fsp3) is 0.167. The molecule has 2 heteroatoms. The van der Waals surface area contributed by atoms with Crippen molar-refractivity contribution in [2.45, 2.75) is 6.54 Å². The molecule has 1 aliphatic heterocycles. The second kappa shape index (κ2) is 4.47. The summed E-state index contributed by atoms with van der Waals surface area (Å²) in [4.78, 5) is 2.28. The highest BCUT2D eigenvalue weighted by Gasteiger charge is 2.02. The quantitative estimate of drug-likeness (QED) is 0.778. The van der Waals surface area contributed by atoms with E-state index in [4.69, 9.17) is 0 Å².